The molecule has 0 saturated heterocycles. The fourth-order valence-corrected chi connectivity index (χ4v) is 2.20. The highest BCUT2D eigenvalue weighted by Crippen LogP contribution is 2.19. The minimum absolute atomic E-state index is 0.0672. The number of nitrogens with one attached hydrogen (secondary N) is 1. The Bertz CT molecular complexity index is 742. The monoisotopic (exact) mass is 343 g/mol. The second-order valence-corrected chi connectivity index (χ2v) is 5.75. The molecule has 0 atom stereocenters. The van der Waals surface area contributed by atoms with E-state index in [0.29, 0.717) is 11.4 Å². The van der Waals surface area contributed by atoms with Crippen LogP contribution in [0.2, 0.25) is 0 Å². The highest BCUT2D eigenvalue weighted by molar-refractivity contribution is 5.92. The fraction of sp³-hybridized carbons (Fsp3) is 0.263. The molecule has 0 heterocycles. The van der Waals surface area contributed by atoms with Crippen molar-refractivity contribution in [3.63, 3.8) is 0 Å². The van der Waals surface area contributed by atoms with E-state index in [0.717, 1.165) is 11.3 Å². The molecule has 0 radical (unpaired) electrons. The van der Waals surface area contributed by atoms with E-state index in [2.05, 4.69) is 5.32 Å². The molecule has 2 aromatic rings. The summed E-state index contributed by atoms with van der Waals surface area (Å²) in [6.07, 6.45) is 0.271. The fourth-order valence-electron chi connectivity index (χ4n) is 2.20. The van der Waals surface area contributed by atoms with E-state index in [-0.39, 0.29) is 18.4 Å². The molecule has 0 aliphatic carbocycles. The largest absolute Gasteiger partial charge is 0.491 e. The standard InChI is InChI=1S/C19H21NO5/c1-13(2)25-17-8-3-5-14(9-17)10-18(21)20-15-6-4-7-16(11-15)24-12-19(22)23/h3-9,11,13H,10,12H2,1-2H3,(H,20,21)(H,22,23). The summed E-state index contributed by atoms with van der Waals surface area (Å²) < 4.78 is 10.7. The first-order chi connectivity index (χ1) is 11.9. The lowest BCUT2D eigenvalue weighted by Gasteiger charge is -2.11. The zero-order chi connectivity index (χ0) is 18.2. The molecule has 0 spiro atoms. The van der Waals surface area contributed by atoms with Crippen LogP contribution in [0.5, 0.6) is 11.5 Å². The average Bonchev–Trinajstić information content (AvgIpc) is 2.53. The topological polar surface area (TPSA) is 84.9 Å². The lowest BCUT2D eigenvalue weighted by atomic mass is 10.1. The van der Waals surface area contributed by atoms with Crippen LogP contribution in [0.15, 0.2) is 48.5 Å². The van der Waals surface area contributed by atoms with Crippen molar-refractivity contribution in [3.05, 3.63) is 54.1 Å². The summed E-state index contributed by atoms with van der Waals surface area (Å²) in [4.78, 5) is 22.7. The van der Waals surface area contributed by atoms with E-state index in [1.165, 1.54) is 0 Å². The van der Waals surface area contributed by atoms with Gasteiger partial charge in [-0.25, -0.2) is 4.79 Å². The average molecular weight is 343 g/mol. The predicted octanol–water partition coefficient (Wildman–Crippen LogP) is 3.12. The second kappa shape index (κ2) is 8.73. The highest BCUT2D eigenvalue weighted by atomic mass is 16.5. The Morgan fingerprint density at radius 3 is 2.52 bits per heavy atom. The van der Waals surface area contributed by atoms with E-state index in [9.17, 15) is 9.59 Å². The molecule has 6 nitrogen and oxygen atoms in total. The van der Waals surface area contributed by atoms with Crippen molar-refractivity contribution in [2.75, 3.05) is 11.9 Å². The molecule has 0 unspecified atom stereocenters. The van der Waals surface area contributed by atoms with Gasteiger partial charge < -0.3 is 19.9 Å². The third-order valence-corrected chi connectivity index (χ3v) is 3.12. The molecule has 2 aromatic carbocycles. The van der Waals surface area contributed by atoms with E-state index < -0.39 is 12.6 Å². The molecule has 132 valence electrons. The number of carbonyl (C=O) groups is 2. The smallest absolute Gasteiger partial charge is 0.341 e. The summed E-state index contributed by atoms with van der Waals surface area (Å²) in [6, 6.07) is 14.0. The molecule has 0 saturated carbocycles. The van der Waals surface area contributed by atoms with Crippen LogP contribution >= 0.6 is 0 Å². The summed E-state index contributed by atoms with van der Waals surface area (Å²) in [7, 11) is 0. The van der Waals surface area contributed by atoms with Gasteiger partial charge >= 0.3 is 5.97 Å². The number of rotatable bonds is 8. The van der Waals surface area contributed by atoms with E-state index in [4.69, 9.17) is 14.6 Å². The predicted molar refractivity (Wildman–Crippen MR) is 94.1 cm³/mol. The Balaban J connectivity index is 1.96. The van der Waals surface area contributed by atoms with Crippen LogP contribution in [0.4, 0.5) is 5.69 Å². The quantitative estimate of drug-likeness (QED) is 0.769. The van der Waals surface area contributed by atoms with Crippen molar-refractivity contribution in [1.29, 1.82) is 0 Å². The third-order valence-electron chi connectivity index (χ3n) is 3.12. The Morgan fingerprint density at radius 2 is 1.80 bits per heavy atom. The normalized spacial score (nSPS) is 10.4. The van der Waals surface area contributed by atoms with Crippen molar-refractivity contribution in [1.82, 2.24) is 0 Å². The van der Waals surface area contributed by atoms with Crippen molar-refractivity contribution < 1.29 is 24.2 Å². The molecular formula is C19H21NO5. The van der Waals surface area contributed by atoms with Crippen LogP contribution in [-0.4, -0.2) is 29.7 Å². The minimum Gasteiger partial charge on any atom is -0.491 e. The molecule has 0 bridgehead atoms. The van der Waals surface area contributed by atoms with Gasteiger partial charge in [-0.15, -0.1) is 0 Å². The van der Waals surface area contributed by atoms with Gasteiger partial charge in [0.05, 0.1) is 12.5 Å². The van der Waals surface area contributed by atoms with Crippen LogP contribution in [0.3, 0.4) is 0 Å². The summed E-state index contributed by atoms with van der Waals surface area (Å²) in [5.41, 5.74) is 1.39. The van der Waals surface area contributed by atoms with Gasteiger partial charge in [0.2, 0.25) is 5.91 Å². The Morgan fingerprint density at radius 1 is 1.08 bits per heavy atom. The SMILES string of the molecule is CC(C)Oc1cccc(CC(=O)Nc2cccc(OCC(=O)O)c2)c1. The number of carboxylic acid groups (broad SMARTS) is 1. The van der Waals surface area contributed by atoms with Gasteiger partial charge in [0.25, 0.3) is 0 Å². The van der Waals surface area contributed by atoms with Crippen LogP contribution in [0.1, 0.15) is 19.4 Å². The first-order valence-electron chi connectivity index (χ1n) is 7.92. The van der Waals surface area contributed by atoms with Crippen LogP contribution in [0, 0.1) is 0 Å². The zero-order valence-corrected chi connectivity index (χ0v) is 14.2. The molecule has 0 aliphatic rings. The molecule has 0 aromatic heterocycles. The highest BCUT2D eigenvalue weighted by Gasteiger charge is 2.07. The third kappa shape index (κ3) is 6.55. The van der Waals surface area contributed by atoms with Crippen molar-refractivity contribution >= 4 is 17.6 Å². The summed E-state index contributed by atoms with van der Waals surface area (Å²) in [5, 5.41) is 11.4. The molecular weight excluding hydrogens is 322 g/mol. The van der Waals surface area contributed by atoms with Gasteiger partial charge in [-0.2, -0.15) is 0 Å². The zero-order valence-electron chi connectivity index (χ0n) is 14.2. The van der Waals surface area contributed by atoms with Crippen molar-refractivity contribution in [3.8, 4) is 11.5 Å². The lowest BCUT2D eigenvalue weighted by Crippen LogP contribution is -2.15. The molecule has 1 amide bonds. The van der Waals surface area contributed by atoms with E-state index in [1.54, 1.807) is 24.3 Å². The number of aliphatic carboxylic acids is 1. The van der Waals surface area contributed by atoms with Gasteiger partial charge in [-0.1, -0.05) is 18.2 Å². The van der Waals surface area contributed by atoms with Crippen molar-refractivity contribution in [2.24, 2.45) is 0 Å². The summed E-state index contributed by atoms with van der Waals surface area (Å²) in [5.74, 6) is -0.132. The first-order valence-corrected chi connectivity index (χ1v) is 7.92. The number of hydrogen-bond acceptors (Lipinski definition) is 4. The van der Waals surface area contributed by atoms with Gasteiger partial charge in [-0.3, -0.25) is 4.79 Å². The lowest BCUT2D eigenvalue weighted by molar-refractivity contribution is -0.139. The maximum absolute atomic E-state index is 12.2. The first kappa shape index (κ1) is 18.3. The van der Waals surface area contributed by atoms with E-state index >= 15 is 0 Å². The minimum atomic E-state index is -1.06. The number of carbonyl (C=O) groups excluding carboxylic acids is 1. The molecule has 6 heteroatoms. The van der Waals surface area contributed by atoms with Crippen LogP contribution in [-0.2, 0) is 16.0 Å². The number of hydrogen-bond donors (Lipinski definition) is 2. The number of anilines is 1. The number of ether oxygens (including phenoxy) is 2. The number of benzene rings is 2. The maximum atomic E-state index is 12.2. The van der Waals surface area contributed by atoms with Crippen molar-refractivity contribution in [2.45, 2.75) is 26.4 Å². The van der Waals surface area contributed by atoms with Gasteiger partial charge in [0.15, 0.2) is 6.61 Å². The number of carboxylic acids is 1. The van der Waals surface area contributed by atoms with Crippen LogP contribution < -0.4 is 14.8 Å². The number of amides is 1. The molecule has 2 N–H and O–H groups in total. The molecule has 25 heavy (non-hydrogen) atoms. The maximum Gasteiger partial charge on any atom is 0.341 e. The Kier molecular flexibility index (Phi) is 6.39. The molecule has 2 rings (SSSR count). The molecule has 0 fully saturated rings. The summed E-state index contributed by atoms with van der Waals surface area (Å²) >= 11 is 0. The molecule has 0 aliphatic heterocycles. The van der Waals surface area contributed by atoms with E-state index in [1.807, 2.05) is 38.1 Å². The Labute approximate surface area is 146 Å². The second-order valence-electron chi connectivity index (χ2n) is 5.75. The summed E-state index contributed by atoms with van der Waals surface area (Å²) in [6.45, 7) is 3.46. The van der Waals surface area contributed by atoms with Gasteiger partial charge in [0, 0.05) is 11.8 Å². The van der Waals surface area contributed by atoms with Gasteiger partial charge in [-0.05, 0) is 43.7 Å². The van der Waals surface area contributed by atoms with Crippen LogP contribution in [0.25, 0.3) is 0 Å². The Hall–Kier alpha value is -3.02. The van der Waals surface area contributed by atoms with Gasteiger partial charge in [0.1, 0.15) is 11.5 Å².